The second-order valence-corrected chi connectivity index (χ2v) is 8.46. The Bertz CT molecular complexity index is 367. The van der Waals surface area contributed by atoms with Crippen molar-refractivity contribution in [2.45, 2.75) is 39.2 Å². The first-order valence-electron chi connectivity index (χ1n) is 5.54. The lowest BCUT2D eigenvalue weighted by molar-refractivity contribution is 0.0558. The third kappa shape index (κ3) is 2.40. The molecule has 1 aliphatic carbocycles. The highest BCUT2D eigenvalue weighted by Gasteiger charge is 2.40. The van der Waals surface area contributed by atoms with E-state index in [1.165, 1.54) is 12.8 Å². The summed E-state index contributed by atoms with van der Waals surface area (Å²) in [7, 11) is 0. The third-order valence-electron chi connectivity index (χ3n) is 3.68. The van der Waals surface area contributed by atoms with E-state index in [1.54, 1.807) is 11.3 Å². The SMILES string of the molecule is CC1(C)CCCC1C(O)c1cc(Br)c(Br)s1. The Labute approximate surface area is 118 Å². The van der Waals surface area contributed by atoms with Crippen molar-refractivity contribution in [1.29, 1.82) is 0 Å². The topological polar surface area (TPSA) is 20.2 Å². The van der Waals surface area contributed by atoms with Gasteiger partial charge in [-0.3, -0.25) is 0 Å². The predicted octanol–water partition coefficient (Wildman–Crippen LogP) is 5.13. The van der Waals surface area contributed by atoms with E-state index in [2.05, 4.69) is 45.7 Å². The molecule has 0 spiro atoms. The number of rotatable bonds is 2. The van der Waals surface area contributed by atoms with Gasteiger partial charge >= 0.3 is 0 Å². The number of thiophene rings is 1. The summed E-state index contributed by atoms with van der Waals surface area (Å²) < 4.78 is 2.11. The molecule has 1 saturated carbocycles. The van der Waals surface area contributed by atoms with E-state index in [4.69, 9.17) is 0 Å². The van der Waals surface area contributed by atoms with Crippen LogP contribution in [0, 0.1) is 11.3 Å². The Kier molecular flexibility index (Phi) is 3.85. The van der Waals surface area contributed by atoms with Crippen LogP contribution >= 0.6 is 43.2 Å². The molecule has 1 fully saturated rings. The van der Waals surface area contributed by atoms with E-state index in [1.807, 2.05) is 6.07 Å². The van der Waals surface area contributed by atoms with Gasteiger partial charge in [-0.05, 0) is 62.1 Å². The van der Waals surface area contributed by atoms with E-state index in [0.717, 1.165) is 19.6 Å². The highest BCUT2D eigenvalue weighted by Crippen LogP contribution is 2.50. The van der Waals surface area contributed by atoms with Crippen LogP contribution in [0.15, 0.2) is 14.3 Å². The van der Waals surface area contributed by atoms with Gasteiger partial charge in [0, 0.05) is 9.35 Å². The molecule has 1 nitrogen and oxygen atoms in total. The molecule has 1 aromatic heterocycles. The zero-order valence-electron chi connectivity index (χ0n) is 9.46. The molecule has 1 heterocycles. The summed E-state index contributed by atoms with van der Waals surface area (Å²) in [5, 5.41) is 10.5. The summed E-state index contributed by atoms with van der Waals surface area (Å²) >= 11 is 8.59. The zero-order chi connectivity index (χ0) is 11.9. The van der Waals surface area contributed by atoms with E-state index in [9.17, 15) is 5.11 Å². The highest BCUT2D eigenvalue weighted by molar-refractivity contribution is 9.13. The van der Waals surface area contributed by atoms with Crippen molar-refractivity contribution >= 4 is 43.2 Å². The minimum atomic E-state index is -0.315. The fourth-order valence-electron chi connectivity index (χ4n) is 2.65. The van der Waals surface area contributed by atoms with Crippen molar-refractivity contribution in [3.63, 3.8) is 0 Å². The van der Waals surface area contributed by atoms with Crippen LogP contribution in [0.3, 0.4) is 0 Å². The average Bonchev–Trinajstić information content (AvgIpc) is 2.70. The van der Waals surface area contributed by atoms with Crippen LogP contribution in [0.1, 0.15) is 44.1 Å². The fraction of sp³-hybridized carbons (Fsp3) is 0.667. The van der Waals surface area contributed by atoms with Crippen LogP contribution in [0.5, 0.6) is 0 Å². The maximum Gasteiger partial charge on any atom is 0.0915 e. The van der Waals surface area contributed by atoms with Gasteiger partial charge in [0.1, 0.15) is 0 Å². The normalized spacial score (nSPS) is 25.9. The summed E-state index contributed by atoms with van der Waals surface area (Å²) in [5.41, 5.74) is 0.266. The van der Waals surface area contributed by atoms with Crippen molar-refractivity contribution in [3.05, 3.63) is 19.2 Å². The summed E-state index contributed by atoms with van der Waals surface area (Å²) in [6.07, 6.45) is 3.29. The molecule has 4 heteroatoms. The standard InChI is InChI=1S/C12H16Br2OS/c1-12(2)5-3-4-7(12)10(15)9-6-8(13)11(14)16-9/h6-7,10,15H,3-5H2,1-2H3. The lowest BCUT2D eigenvalue weighted by Crippen LogP contribution is -2.23. The molecule has 0 aromatic carbocycles. The van der Waals surface area contributed by atoms with E-state index in [0.29, 0.717) is 5.92 Å². The van der Waals surface area contributed by atoms with Gasteiger partial charge < -0.3 is 5.11 Å². The van der Waals surface area contributed by atoms with Crippen LogP contribution in [-0.2, 0) is 0 Å². The molecule has 0 saturated heterocycles. The molecule has 2 unspecified atom stereocenters. The Morgan fingerprint density at radius 2 is 2.19 bits per heavy atom. The van der Waals surface area contributed by atoms with Crippen molar-refractivity contribution in [2.75, 3.05) is 0 Å². The maximum atomic E-state index is 10.5. The monoisotopic (exact) mass is 366 g/mol. The molecule has 16 heavy (non-hydrogen) atoms. The molecule has 0 amide bonds. The average molecular weight is 368 g/mol. The summed E-state index contributed by atoms with van der Waals surface area (Å²) in [6, 6.07) is 2.04. The number of hydrogen-bond acceptors (Lipinski definition) is 2. The number of aliphatic hydroxyl groups excluding tert-OH is 1. The van der Waals surface area contributed by atoms with E-state index < -0.39 is 0 Å². The number of hydrogen-bond donors (Lipinski definition) is 1. The van der Waals surface area contributed by atoms with Gasteiger partial charge in [0.25, 0.3) is 0 Å². The first-order chi connectivity index (χ1) is 7.42. The molecule has 2 atom stereocenters. The van der Waals surface area contributed by atoms with Crippen molar-refractivity contribution in [1.82, 2.24) is 0 Å². The Hall–Kier alpha value is 0.620. The Morgan fingerprint density at radius 3 is 2.62 bits per heavy atom. The minimum Gasteiger partial charge on any atom is -0.387 e. The van der Waals surface area contributed by atoms with Gasteiger partial charge in [-0.25, -0.2) is 0 Å². The van der Waals surface area contributed by atoms with Gasteiger partial charge in [-0.15, -0.1) is 11.3 Å². The first-order valence-corrected chi connectivity index (χ1v) is 7.95. The number of aliphatic hydroxyl groups is 1. The zero-order valence-corrected chi connectivity index (χ0v) is 13.5. The quantitative estimate of drug-likeness (QED) is 0.767. The predicted molar refractivity (Wildman–Crippen MR) is 75.8 cm³/mol. The van der Waals surface area contributed by atoms with Gasteiger partial charge in [0.2, 0.25) is 0 Å². The summed E-state index contributed by atoms with van der Waals surface area (Å²) in [4.78, 5) is 1.07. The largest absolute Gasteiger partial charge is 0.387 e. The molecule has 2 rings (SSSR count). The maximum absolute atomic E-state index is 10.5. The van der Waals surface area contributed by atoms with Crippen molar-refractivity contribution in [3.8, 4) is 0 Å². The lowest BCUT2D eigenvalue weighted by Gasteiger charge is -2.30. The van der Waals surface area contributed by atoms with Crippen LogP contribution in [0.25, 0.3) is 0 Å². The second-order valence-electron chi connectivity index (χ2n) is 5.20. The molecule has 90 valence electrons. The molecule has 1 aliphatic rings. The van der Waals surface area contributed by atoms with Gasteiger partial charge in [-0.2, -0.15) is 0 Å². The van der Waals surface area contributed by atoms with Gasteiger partial charge in [0.15, 0.2) is 0 Å². The fourth-order valence-corrected chi connectivity index (χ4v) is 4.79. The summed E-state index contributed by atoms with van der Waals surface area (Å²) in [6.45, 7) is 4.54. The lowest BCUT2D eigenvalue weighted by atomic mass is 9.78. The van der Waals surface area contributed by atoms with Gasteiger partial charge in [-0.1, -0.05) is 20.3 Å². The smallest absolute Gasteiger partial charge is 0.0915 e. The van der Waals surface area contributed by atoms with E-state index in [-0.39, 0.29) is 11.5 Å². The molecule has 0 bridgehead atoms. The minimum absolute atomic E-state index is 0.266. The van der Waals surface area contributed by atoms with Crippen LogP contribution in [0.2, 0.25) is 0 Å². The molecule has 0 aliphatic heterocycles. The van der Waals surface area contributed by atoms with Gasteiger partial charge in [0.05, 0.1) is 9.89 Å². The molecule has 0 radical (unpaired) electrons. The van der Waals surface area contributed by atoms with Crippen LogP contribution in [-0.4, -0.2) is 5.11 Å². The molecule has 1 aromatic rings. The Balaban J connectivity index is 2.22. The van der Waals surface area contributed by atoms with E-state index >= 15 is 0 Å². The van der Waals surface area contributed by atoms with Crippen molar-refractivity contribution in [2.24, 2.45) is 11.3 Å². The highest BCUT2D eigenvalue weighted by atomic mass is 79.9. The third-order valence-corrected chi connectivity index (χ3v) is 7.00. The molecular weight excluding hydrogens is 352 g/mol. The van der Waals surface area contributed by atoms with Crippen LogP contribution < -0.4 is 0 Å². The first kappa shape index (κ1) is 13.1. The van der Waals surface area contributed by atoms with Crippen molar-refractivity contribution < 1.29 is 5.11 Å². The molecular formula is C12H16Br2OS. The number of halogens is 2. The second kappa shape index (κ2) is 4.71. The van der Waals surface area contributed by atoms with Crippen LogP contribution in [0.4, 0.5) is 0 Å². The Morgan fingerprint density at radius 1 is 1.50 bits per heavy atom. The summed E-state index contributed by atoms with van der Waals surface area (Å²) in [5.74, 6) is 0.393. The molecule has 1 N–H and O–H groups in total.